The predicted molar refractivity (Wildman–Crippen MR) is 151 cm³/mol. The van der Waals surface area contributed by atoms with Crippen LogP contribution in [0.4, 0.5) is 13.2 Å². The molecular formula is C29H32F3N5O5S. The Morgan fingerprint density at radius 2 is 2.07 bits per heavy atom. The summed E-state index contributed by atoms with van der Waals surface area (Å²) in [7, 11) is 0. The molecule has 2 saturated heterocycles. The Kier molecular flexibility index (Phi) is 8.61. The van der Waals surface area contributed by atoms with Gasteiger partial charge < -0.3 is 20.1 Å². The Morgan fingerprint density at radius 3 is 2.72 bits per heavy atom. The molecule has 3 unspecified atom stereocenters. The van der Waals surface area contributed by atoms with Gasteiger partial charge in [-0.3, -0.25) is 19.5 Å². The second-order valence-electron chi connectivity index (χ2n) is 10.8. The second-order valence-corrected chi connectivity index (χ2v) is 11.7. The van der Waals surface area contributed by atoms with Gasteiger partial charge in [0.05, 0.1) is 30.6 Å². The van der Waals surface area contributed by atoms with Crippen molar-refractivity contribution in [1.29, 1.82) is 0 Å². The van der Waals surface area contributed by atoms with Crippen LogP contribution in [0.1, 0.15) is 42.4 Å². The van der Waals surface area contributed by atoms with Gasteiger partial charge in [-0.05, 0) is 37.5 Å². The van der Waals surface area contributed by atoms with Gasteiger partial charge >= 0.3 is 11.9 Å². The minimum absolute atomic E-state index is 0.0156. The monoisotopic (exact) mass is 619 g/mol. The number of esters is 1. The molecule has 1 amide bonds. The number of hydrogen-bond acceptors (Lipinski definition) is 9. The number of alkyl halides is 2. The van der Waals surface area contributed by atoms with Crippen LogP contribution >= 0.6 is 11.3 Å². The molecule has 4 atom stereocenters. The van der Waals surface area contributed by atoms with E-state index in [1.54, 1.807) is 38.4 Å². The number of amides is 1. The summed E-state index contributed by atoms with van der Waals surface area (Å²) in [6.45, 7) is 3.42. The zero-order valence-electron chi connectivity index (χ0n) is 23.8. The first kappa shape index (κ1) is 30.7. The van der Waals surface area contributed by atoms with Gasteiger partial charge in [0, 0.05) is 36.9 Å². The molecule has 2 N–H and O–H groups in total. The number of aromatic nitrogens is 1. The van der Waals surface area contributed by atoms with E-state index in [0.717, 1.165) is 0 Å². The minimum atomic E-state index is -3.25. The van der Waals surface area contributed by atoms with E-state index in [4.69, 9.17) is 9.73 Å². The fraction of sp³-hybridized carbons (Fsp3) is 0.483. The first-order valence-corrected chi connectivity index (χ1v) is 14.9. The van der Waals surface area contributed by atoms with E-state index in [9.17, 15) is 23.9 Å². The number of nitrogens with zero attached hydrogens (tertiary/aromatic N) is 4. The van der Waals surface area contributed by atoms with Crippen molar-refractivity contribution in [1.82, 2.24) is 20.1 Å². The zero-order valence-corrected chi connectivity index (χ0v) is 24.7. The fourth-order valence-corrected chi connectivity index (χ4v) is 6.57. The number of halogens is 3. The number of rotatable bonds is 10. The molecule has 43 heavy (non-hydrogen) atoms. The van der Waals surface area contributed by atoms with E-state index in [-0.39, 0.29) is 55.3 Å². The molecule has 5 rings (SSSR count). The Balaban J connectivity index is 1.56. The van der Waals surface area contributed by atoms with Crippen molar-refractivity contribution < 1.29 is 37.4 Å². The summed E-state index contributed by atoms with van der Waals surface area (Å²) in [4.78, 5) is 50.1. The lowest BCUT2D eigenvalue weighted by molar-refractivity contribution is -0.143. The van der Waals surface area contributed by atoms with E-state index in [0.29, 0.717) is 10.6 Å². The molecule has 2 fully saturated rings. The molecule has 230 valence electrons. The number of amidine groups is 1. The smallest absolute Gasteiger partial charge is 0.338 e. The van der Waals surface area contributed by atoms with E-state index < -0.39 is 60.0 Å². The van der Waals surface area contributed by atoms with Crippen LogP contribution in [0.25, 0.3) is 0 Å². The molecule has 0 radical (unpaired) electrons. The van der Waals surface area contributed by atoms with Gasteiger partial charge in [0.2, 0.25) is 5.91 Å². The number of carbonyl (C=O) groups excluding carboxylic acids is 2. The van der Waals surface area contributed by atoms with E-state index in [1.807, 2.05) is 0 Å². The average Bonchev–Trinajstić information content (AvgIpc) is 3.66. The normalized spacial score (nSPS) is 24.0. The summed E-state index contributed by atoms with van der Waals surface area (Å²) in [6.07, 6.45) is 1.81. The van der Waals surface area contributed by atoms with Gasteiger partial charge in [-0.2, -0.15) is 0 Å². The first-order valence-electron chi connectivity index (χ1n) is 14.0. The molecular weight excluding hydrogens is 587 g/mol. The van der Waals surface area contributed by atoms with Crippen molar-refractivity contribution in [3.63, 3.8) is 0 Å². The van der Waals surface area contributed by atoms with Gasteiger partial charge in [-0.15, -0.1) is 11.3 Å². The molecule has 3 aliphatic rings. The number of likely N-dealkylation sites (tertiary alicyclic amines) is 2. The topological polar surface area (TPSA) is 124 Å². The maximum Gasteiger partial charge on any atom is 0.338 e. The van der Waals surface area contributed by atoms with Gasteiger partial charge in [0.15, 0.2) is 10.8 Å². The molecule has 14 heteroatoms. The van der Waals surface area contributed by atoms with Crippen molar-refractivity contribution in [3.8, 4) is 0 Å². The van der Waals surface area contributed by atoms with Crippen LogP contribution in [0.5, 0.6) is 0 Å². The Labute approximate surface area is 250 Å². The van der Waals surface area contributed by atoms with Gasteiger partial charge in [0.25, 0.3) is 5.92 Å². The zero-order chi connectivity index (χ0) is 31.1. The van der Waals surface area contributed by atoms with Crippen LogP contribution < -0.4 is 5.32 Å². The number of nitrogens with one attached hydrogen (secondary N) is 1. The standard InChI is InChI=1S/C29H32F3N5O5S/c1-4-16(27(39)40)11-36-12-18-23(26(36)38)37(14-29(18,31)32)13-20-21(28(41)42-5-2)22(17-7-6-8-19(30)15(17)3)35-24(34-20)25-33-9-10-43-25/h6-10,16,18,22-23H,4-5,11-14H2,1-3H3,(H,34,35)(H,39,40)/t16?,18?,22-,23?/m0/s1. The number of carbonyl (C=O) groups is 3. The van der Waals surface area contributed by atoms with Gasteiger partial charge in [0.1, 0.15) is 17.9 Å². The van der Waals surface area contributed by atoms with E-state index in [1.165, 1.54) is 33.3 Å². The van der Waals surface area contributed by atoms with Crippen molar-refractivity contribution >= 4 is 35.0 Å². The molecule has 0 bridgehead atoms. The molecule has 0 saturated carbocycles. The Bertz CT molecular complexity index is 1480. The van der Waals surface area contributed by atoms with Crippen LogP contribution in [0.2, 0.25) is 0 Å². The second kappa shape index (κ2) is 12.1. The number of benzene rings is 1. The predicted octanol–water partition coefficient (Wildman–Crippen LogP) is 3.39. The highest BCUT2D eigenvalue weighted by Crippen LogP contribution is 2.44. The SMILES string of the molecule is CCOC(=O)C1=C(CN2CC(F)(F)C3CN(CC(CC)C(=O)O)C(=O)C32)NC(c2nccs2)=N[C@H]1c1cccc(F)c1C. The summed E-state index contributed by atoms with van der Waals surface area (Å²) in [5.41, 5.74) is 0.855. The first-order chi connectivity index (χ1) is 20.5. The van der Waals surface area contributed by atoms with Crippen molar-refractivity contribution in [2.75, 3.05) is 32.8 Å². The van der Waals surface area contributed by atoms with Crippen molar-refractivity contribution in [2.45, 2.75) is 45.2 Å². The van der Waals surface area contributed by atoms with Crippen LogP contribution in [0, 0.1) is 24.6 Å². The third-order valence-corrected chi connectivity index (χ3v) is 9.00. The highest BCUT2D eigenvalue weighted by molar-refractivity contribution is 7.11. The maximum absolute atomic E-state index is 15.4. The highest BCUT2D eigenvalue weighted by Gasteiger charge is 2.62. The average molecular weight is 620 g/mol. The van der Waals surface area contributed by atoms with E-state index >= 15 is 8.78 Å². The molecule has 2 aromatic rings. The molecule has 0 aliphatic carbocycles. The Morgan fingerprint density at radius 1 is 1.30 bits per heavy atom. The minimum Gasteiger partial charge on any atom is -0.481 e. The number of aliphatic carboxylic acids is 1. The lowest BCUT2D eigenvalue weighted by Gasteiger charge is -2.31. The number of ether oxygens (including phenoxy) is 1. The number of carboxylic acid groups (broad SMARTS) is 1. The van der Waals surface area contributed by atoms with Crippen molar-refractivity contribution in [2.24, 2.45) is 16.8 Å². The summed E-state index contributed by atoms with van der Waals surface area (Å²) in [6, 6.07) is 2.16. The number of aliphatic imine (C=N–C) groups is 1. The lowest BCUT2D eigenvalue weighted by Crippen LogP contribution is -2.46. The molecule has 0 spiro atoms. The summed E-state index contributed by atoms with van der Waals surface area (Å²) < 4.78 is 50.9. The molecule has 1 aromatic heterocycles. The molecule has 3 aliphatic heterocycles. The van der Waals surface area contributed by atoms with Crippen molar-refractivity contribution in [3.05, 3.63) is 63.0 Å². The van der Waals surface area contributed by atoms with Crippen LogP contribution in [0.15, 0.2) is 46.0 Å². The third-order valence-electron chi connectivity index (χ3n) is 8.22. The number of thiazole rings is 1. The summed E-state index contributed by atoms with van der Waals surface area (Å²) in [5.74, 6) is -8.15. The third kappa shape index (κ3) is 5.77. The molecule has 4 heterocycles. The van der Waals surface area contributed by atoms with Gasteiger partial charge in [-0.25, -0.2) is 22.9 Å². The number of carboxylic acids is 1. The van der Waals surface area contributed by atoms with Crippen LogP contribution in [0.3, 0.4) is 0 Å². The summed E-state index contributed by atoms with van der Waals surface area (Å²) in [5, 5.41) is 14.8. The maximum atomic E-state index is 15.4. The molecule has 1 aromatic carbocycles. The summed E-state index contributed by atoms with van der Waals surface area (Å²) >= 11 is 1.27. The van der Waals surface area contributed by atoms with Crippen LogP contribution in [-0.4, -0.2) is 88.3 Å². The fourth-order valence-electron chi connectivity index (χ4n) is 5.98. The number of fused-ring (bicyclic) bond motifs is 1. The van der Waals surface area contributed by atoms with Gasteiger partial charge in [-0.1, -0.05) is 19.1 Å². The van der Waals surface area contributed by atoms with Crippen LogP contribution in [-0.2, 0) is 19.1 Å². The Hall–Kier alpha value is -3.78. The highest BCUT2D eigenvalue weighted by atomic mass is 32.1. The van der Waals surface area contributed by atoms with E-state index in [2.05, 4.69) is 10.3 Å². The quantitative estimate of drug-likeness (QED) is 0.388. The lowest BCUT2D eigenvalue weighted by atomic mass is 9.92. The number of hydrogen-bond donors (Lipinski definition) is 2. The largest absolute Gasteiger partial charge is 0.481 e. The molecule has 10 nitrogen and oxygen atoms in total.